The summed E-state index contributed by atoms with van der Waals surface area (Å²) in [5.74, 6) is -1.61. The fourth-order valence-corrected chi connectivity index (χ4v) is 1.86. The van der Waals surface area contributed by atoms with Crippen molar-refractivity contribution in [2.45, 2.75) is 20.8 Å². The summed E-state index contributed by atoms with van der Waals surface area (Å²) in [6, 6.07) is 7.18. The SMILES string of the molecule is Cc1cc(C)c(C(=O)C(C#N)C#N)c(C)c1. The van der Waals surface area contributed by atoms with Crippen LogP contribution in [0.15, 0.2) is 12.1 Å². The quantitative estimate of drug-likeness (QED) is 0.707. The van der Waals surface area contributed by atoms with Gasteiger partial charge < -0.3 is 0 Å². The highest BCUT2D eigenvalue weighted by molar-refractivity contribution is 6.03. The summed E-state index contributed by atoms with van der Waals surface area (Å²) < 4.78 is 0. The minimum Gasteiger partial charge on any atom is -0.291 e. The van der Waals surface area contributed by atoms with Crippen molar-refractivity contribution in [1.29, 1.82) is 10.5 Å². The van der Waals surface area contributed by atoms with E-state index in [1.165, 1.54) is 0 Å². The molecule has 1 aromatic rings. The van der Waals surface area contributed by atoms with Gasteiger partial charge in [0.1, 0.15) is 0 Å². The number of carbonyl (C=O) groups excluding carboxylic acids is 1. The number of hydrogen-bond donors (Lipinski definition) is 0. The monoisotopic (exact) mass is 212 g/mol. The molecule has 0 aliphatic rings. The fourth-order valence-electron chi connectivity index (χ4n) is 1.86. The molecule has 1 rings (SSSR count). The Kier molecular flexibility index (Phi) is 3.43. The maximum absolute atomic E-state index is 11.9. The number of nitrogens with zero attached hydrogens (tertiary/aromatic N) is 2. The van der Waals surface area contributed by atoms with Crippen LogP contribution < -0.4 is 0 Å². The molecule has 0 saturated heterocycles. The first kappa shape index (κ1) is 11.9. The molecule has 16 heavy (non-hydrogen) atoms. The Hall–Kier alpha value is -2.13. The van der Waals surface area contributed by atoms with E-state index in [4.69, 9.17) is 10.5 Å². The van der Waals surface area contributed by atoms with E-state index in [2.05, 4.69) is 0 Å². The van der Waals surface area contributed by atoms with Crippen LogP contribution in [0.2, 0.25) is 0 Å². The van der Waals surface area contributed by atoms with Crippen LogP contribution in [0.4, 0.5) is 0 Å². The third-order valence-electron chi connectivity index (χ3n) is 2.44. The number of carbonyl (C=O) groups is 1. The molecule has 0 bridgehead atoms. The molecule has 1 aromatic carbocycles. The Bertz CT molecular complexity index is 481. The first-order valence-electron chi connectivity index (χ1n) is 4.92. The zero-order valence-electron chi connectivity index (χ0n) is 9.53. The number of aryl methyl sites for hydroxylation is 3. The Morgan fingerprint density at radius 3 is 1.94 bits per heavy atom. The van der Waals surface area contributed by atoms with Gasteiger partial charge in [0, 0.05) is 5.56 Å². The maximum atomic E-state index is 11.9. The molecule has 0 atom stereocenters. The van der Waals surface area contributed by atoms with Crippen molar-refractivity contribution in [2.24, 2.45) is 5.92 Å². The average Bonchev–Trinajstić information content (AvgIpc) is 2.17. The Morgan fingerprint density at radius 1 is 1.12 bits per heavy atom. The smallest absolute Gasteiger partial charge is 0.195 e. The van der Waals surface area contributed by atoms with Gasteiger partial charge in [-0.15, -0.1) is 0 Å². The highest BCUT2D eigenvalue weighted by atomic mass is 16.1. The number of nitriles is 2. The summed E-state index contributed by atoms with van der Waals surface area (Å²) in [7, 11) is 0. The fraction of sp³-hybridized carbons (Fsp3) is 0.308. The highest BCUT2D eigenvalue weighted by Crippen LogP contribution is 2.19. The Balaban J connectivity index is 3.31. The minimum atomic E-state index is -1.21. The molecule has 0 fully saturated rings. The molecule has 0 amide bonds. The average molecular weight is 212 g/mol. The largest absolute Gasteiger partial charge is 0.291 e. The zero-order valence-corrected chi connectivity index (χ0v) is 9.53. The van der Waals surface area contributed by atoms with Gasteiger partial charge in [-0.2, -0.15) is 10.5 Å². The lowest BCUT2D eigenvalue weighted by molar-refractivity contribution is 0.0969. The van der Waals surface area contributed by atoms with Crippen LogP contribution in [-0.4, -0.2) is 5.78 Å². The van der Waals surface area contributed by atoms with Crippen molar-refractivity contribution in [2.75, 3.05) is 0 Å². The lowest BCUT2D eigenvalue weighted by Crippen LogP contribution is -2.14. The van der Waals surface area contributed by atoms with Gasteiger partial charge in [0.25, 0.3) is 0 Å². The maximum Gasteiger partial charge on any atom is 0.195 e. The molecule has 0 saturated carbocycles. The molecule has 3 nitrogen and oxygen atoms in total. The van der Waals surface area contributed by atoms with Gasteiger partial charge in [-0.1, -0.05) is 17.7 Å². The van der Waals surface area contributed by atoms with E-state index in [1.54, 1.807) is 12.1 Å². The minimum absolute atomic E-state index is 0.403. The van der Waals surface area contributed by atoms with E-state index in [1.807, 2.05) is 32.9 Å². The van der Waals surface area contributed by atoms with Gasteiger partial charge in [0.05, 0.1) is 12.1 Å². The molecule has 80 valence electrons. The standard InChI is InChI=1S/C13H12N2O/c1-8-4-9(2)12(10(3)5-8)13(16)11(6-14)7-15/h4-5,11H,1-3H3. The number of rotatable bonds is 2. The summed E-state index contributed by atoms with van der Waals surface area (Å²) in [6.45, 7) is 5.58. The third-order valence-corrected chi connectivity index (χ3v) is 2.44. The van der Waals surface area contributed by atoms with Gasteiger partial charge in [-0.3, -0.25) is 4.79 Å². The number of Topliss-reactive ketones (excluding diaryl/α,β-unsaturated/α-hetero) is 1. The molecule has 0 spiro atoms. The molecule has 0 radical (unpaired) electrons. The van der Waals surface area contributed by atoms with E-state index in [0.717, 1.165) is 16.7 Å². The molecule has 0 N–H and O–H groups in total. The van der Waals surface area contributed by atoms with E-state index < -0.39 is 11.7 Å². The normalized spacial score (nSPS) is 9.62. The molecule has 3 heteroatoms. The van der Waals surface area contributed by atoms with Crippen LogP contribution in [0.25, 0.3) is 0 Å². The molecule has 0 unspecified atom stereocenters. The number of hydrogen-bond acceptors (Lipinski definition) is 3. The Morgan fingerprint density at radius 2 is 1.56 bits per heavy atom. The lowest BCUT2D eigenvalue weighted by Gasteiger charge is -2.10. The van der Waals surface area contributed by atoms with Crippen LogP contribution in [-0.2, 0) is 0 Å². The van der Waals surface area contributed by atoms with Gasteiger partial charge >= 0.3 is 0 Å². The van der Waals surface area contributed by atoms with Crippen LogP contribution in [0.5, 0.6) is 0 Å². The van der Waals surface area contributed by atoms with E-state index in [9.17, 15) is 4.79 Å². The zero-order chi connectivity index (χ0) is 12.3. The van der Waals surface area contributed by atoms with Crippen LogP contribution in [0, 0.1) is 49.4 Å². The van der Waals surface area contributed by atoms with Crippen LogP contribution in [0.1, 0.15) is 27.0 Å². The first-order valence-corrected chi connectivity index (χ1v) is 4.92. The topological polar surface area (TPSA) is 64.7 Å². The van der Waals surface area contributed by atoms with Gasteiger partial charge in [0.2, 0.25) is 0 Å². The van der Waals surface area contributed by atoms with E-state index in [0.29, 0.717) is 5.56 Å². The first-order chi connectivity index (χ1) is 7.51. The van der Waals surface area contributed by atoms with Gasteiger partial charge in [-0.05, 0) is 31.9 Å². The van der Waals surface area contributed by atoms with Crippen molar-refractivity contribution in [3.63, 3.8) is 0 Å². The van der Waals surface area contributed by atoms with Crippen LogP contribution in [0.3, 0.4) is 0 Å². The van der Waals surface area contributed by atoms with Crippen molar-refractivity contribution in [3.05, 3.63) is 34.4 Å². The molecule has 0 heterocycles. The van der Waals surface area contributed by atoms with E-state index >= 15 is 0 Å². The summed E-state index contributed by atoms with van der Waals surface area (Å²) in [5.41, 5.74) is 3.20. The molecular weight excluding hydrogens is 200 g/mol. The van der Waals surface area contributed by atoms with Crippen molar-refractivity contribution >= 4 is 5.78 Å². The summed E-state index contributed by atoms with van der Waals surface area (Å²) >= 11 is 0. The summed E-state index contributed by atoms with van der Waals surface area (Å²) in [6.07, 6.45) is 0. The van der Waals surface area contributed by atoms with Crippen molar-refractivity contribution < 1.29 is 4.79 Å². The summed E-state index contributed by atoms with van der Waals surface area (Å²) in [5, 5.41) is 17.4. The van der Waals surface area contributed by atoms with Crippen molar-refractivity contribution in [1.82, 2.24) is 0 Å². The highest BCUT2D eigenvalue weighted by Gasteiger charge is 2.22. The predicted molar refractivity (Wildman–Crippen MR) is 59.7 cm³/mol. The number of benzene rings is 1. The lowest BCUT2D eigenvalue weighted by atomic mass is 9.91. The second kappa shape index (κ2) is 4.59. The van der Waals surface area contributed by atoms with Crippen LogP contribution >= 0.6 is 0 Å². The van der Waals surface area contributed by atoms with Gasteiger partial charge in [0.15, 0.2) is 11.7 Å². The predicted octanol–water partition coefficient (Wildman–Crippen LogP) is 2.46. The third kappa shape index (κ3) is 2.10. The molecule has 0 aliphatic heterocycles. The summed E-state index contributed by atoms with van der Waals surface area (Å²) in [4.78, 5) is 11.9. The second-order valence-corrected chi connectivity index (χ2v) is 3.83. The molecule has 0 aromatic heterocycles. The Labute approximate surface area is 94.9 Å². The number of ketones is 1. The molecule has 0 aliphatic carbocycles. The van der Waals surface area contributed by atoms with Crippen molar-refractivity contribution in [3.8, 4) is 12.1 Å². The van der Waals surface area contributed by atoms with E-state index in [-0.39, 0.29) is 0 Å². The second-order valence-electron chi connectivity index (χ2n) is 3.83. The van der Waals surface area contributed by atoms with Gasteiger partial charge in [-0.25, -0.2) is 0 Å². The molecular formula is C13H12N2O.